The summed E-state index contributed by atoms with van der Waals surface area (Å²) >= 11 is 0. The first-order valence-electron chi connectivity index (χ1n) is 8.51. The van der Waals surface area contributed by atoms with E-state index in [1.807, 2.05) is 32.0 Å². The van der Waals surface area contributed by atoms with E-state index in [-0.39, 0.29) is 25.2 Å². The van der Waals surface area contributed by atoms with E-state index >= 15 is 0 Å². The third-order valence-electron chi connectivity index (χ3n) is 4.18. The van der Waals surface area contributed by atoms with Crippen molar-refractivity contribution in [1.29, 1.82) is 0 Å². The summed E-state index contributed by atoms with van der Waals surface area (Å²) in [6.45, 7) is 8.91. The van der Waals surface area contributed by atoms with E-state index in [0.29, 0.717) is 25.9 Å². The van der Waals surface area contributed by atoms with Crippen molar-refractivity contribution in [3.63, 3.8) is 0 Å². The third-order valence-corrected chi connectivity index (χ3v) is 4.18. The van der Waals surface area contributed by atoms with Crippen LogP contribution in [0.3, 0.4) is 0 Å². The molecule has 1 aliphatic heterocycles. The van der Waals surface area contributed by atoms with Gasteiger partial charge in [0.15, 0.2) is 6.61 Å². The molecule has 1 aromatic rings. The van der Waals surface area contributed by atoms with Gasteiger partial charge in [-0.2, -0.15) is 0 Å². The Hall–Kier alpha value is -2.50. The minimum atomic E-state index is -0.442. The van der Waals surface area contributed by atoms with E-state index in [9.17, 15) is 9.59 Å². The Balaban J connectivity index is 1.73. The van der Waals surface area contributed by atoms with E-state index in [0.717, 1.165) is 16.9 Å². The summed E-state index contributed by atoms with van der Waals surface area (Å²) in [7, 11) is 0. The lowest BCUT2D eigenvalue weighted by Crippen LogP contribution is -2.47. The molecule has 1 fully saturated rings. The summed E-state index contributed by atoms with van der Waals surface area (Å²) in [5, 5.41) is 2.81. The van der Waals surface area contributed by atoms with Gasteiger partial charge in [0.1, 0.15) is 12.4 Å². The smallest absolute Gasteiger partial charge is 0.407 e. The number of nitrogens with one attached hydrogen (secondary N) is 1. The fourth-order valence-corrected chi connectivity index (χ4v) is 2.81. The average Bonchev–Trinajstić information content (AvgIpc) is 2.59. The maximum absolute atomic E-state index is 12.3. The van der Waals surface area contributed by atoms with Gasteiger partial charge in [0.2, 0.25) is 0 Å². The maximum atomic E-state index is 12.3. The summed E-state index contributed by atoms with van der Waals surface area (Å²) in [6, 6.07) is 5.92. The maximum Gasteiger partial charge on any atom is 0.407 e. The van der Waals surface area contributed by atoms with Gasteiger partial charge in [-0.15, -0.1) is 0 Å². The molecule has 0 bridgehead atoms. The number of hydrogen-bond acceptors (Lipinski definition) is 4. The van der Waals surface area contributed by atoms with Gasteiger partial charge < -0.3 is 19.7 Å². The van der Waals surface area contributed by atoms with Crippen LogP contribution in [-0.2, 0) is 9.53 Å². The van der Waals surface area contributed by atoms with Crippen LogP contribution in [0.4, 0.5) is 4.79 Å². The Morgan fingerprint density at radius 1 is 1.32 bits per heavy atom. The minimum Gasteiger partial charge on any atom is -0.484 e. The Morgan fingerprint density at radius 2 is 2.04 bits per heavy atom. The molecule has 0 aliphatic carbocycles. The zero-order chi connectivity index (χ0) is 18.2. The number of hydrogen-bond donors (Lipinski definition) is 1. The molecule has 0 unspecified atom stereocenters. The first-order valence-corrected chi connectivity index (χ1v) is 8.51. The highest BCUT2D eigenvalue weighted by Gasteiger charge is 2.24. The second-order valence-electron chi connectivity index (χ2n) is 6.24. The molecule has 0 spiro atoms. The summed E-state index contributed by atoms with van der Waals surface area (Å²) < 4.78 is 10.6. The second kappa shape index (κ2) is 9.11. The molecule has 0 saturated carbocycles. The SMILES string of the molecule is C=CCOC(=O)NC1CCN(C(=O)COc2ccc(C)cc2C)CC1. The number of piperidine rings is 1. The van der Waals surface area contributed by atoms with Crippen LogP contribution in [0.5, 0.6) is 5.75 Å². The van der Waals surface area contributed by atoms with Crippen molar-refractivity contribution in [3.05, 3.63) is 42.0 Å². The van der Waals surface area contributed by atoms with Crippen LogP contribution in [0, 0.1) is 13.8 Å². The van der Waals surface area contributed by atoms with Crippen molar-refractivity contribution in [3.8, 4) is 5.75 Å². The van der Waals surface area contributed by atoms with Gasteiger partial charge in [-0.25, -0.2) is 4.79 Å². The number of carbonyl (C=O) groups is 2. The molecule has 1 heterocycles. The van der Waals surface area contributed by atoms with Crippen molar-refractivity contribution in [1.82, 2.24) is 10.2 Å². The molecule has 6 nitrogen and oxygen atoms in total. The summed E-state index contributed by atoms with van der Waals surface area (Å²) in [5.74, 6) is 0.702. The number of amides is 2. The molecule has 1 aromatic carbocycles. The molecule has 0 radical (unpaired) electrons. The number of benzene rings is 1. The van der Waals surface area contributed by atoms with Gasteiger partial charge in [0.05, 0.1) is 0 Å². The van der Waals surface area contributed by atoms with Crippen LogP contribution in [0.25, 0.3) is 0 Å². The lowest BCUT2D eigenvalue weighted by atomic mass is 10.1. The third kappa shape index (κ3) is 5.81. The van der Waals surface area contributed by atoms with E-state index in [1.165, 1.54) is 6.08 Å². The van der Waals surface area contributed by atoms with Crippen LogP contribution < -0.4 is 10.1 Å². The molecule has 0 atom stereocenters. The van der Waals surface area contributed by atoms with Crippen LogP contribution in [0.1, 0.15) is 24.0 Å². The predicted molar refractivity (Wildman–Crippen MR) is 95.7 cm³/mol. The lowest BCUT2D eigenvalue weighted by molar-refractivity contribution is -0.134. The Labute approximate surface area is 148 Å². The fraction of sp³-hybridized carbons (Fsp3) is 0.474. The van der Waals surface area contributed by atoms with E-state index < -0.39 is 6.09 Å². The van der Waals surface area contributed by atoms with E-state index in [2.05, 4.69) is 11.9 Å². The highest BCUT2D eigenvalue weighted by molar-refractivity contribution is 5.78. The number of nitrogens with zero attached hydrogens (tertiary/aromatic N) is 1. The average molecular weight is 346 g/mol. The molecule has 25 heavy (non-hydrogen) atoms. The zero-order valence-corrected chi connectivity index (χ0v) is 14.9. The van der Waals surface area contributed by atoms with Crippen molar-refractivity contribution in [2.45, 2.75) is 32.7 Å². The molecular formula is C19H26N2O4. The van der Waals surface area contributed by atoms with Gasteiger partial charge in [-0.1, -0.05) is 30.4 Å². The molecule has 0 aromatic heterocycles. The number of alkyl carbamates (subject to hydrolysis) is 1. The zero-order valence-electron chi connectivity index (χ0n) is 14.9. The van der Waals surface area contributed by atoms with Crippen LogP contribution in [0.2, 0.25) is 0 Å². The van der Waals surface area contributed by atoms with Crippen LogP contribution in [-0.4, -0.2) is 49.2 Å². The van der Waals surface area contributed by atoms with Crippen LogP contribution >= 0.6 is 0 Å². The summed E-state index contributed by atoms with van der Waals surface area (Å²) in [5.41, 5.74) is 2.19. The minimum absolute atomic E-state index is 0.0293. The number of carbonyl (C=O) groups excluding carboxylic acids is 2. The Kier molecular flexibility index (Phi) is 6.86. The fourth-order valence-electron chi connectivity index (χ4n) is 2.81. The quantitative estimate of drug-likeness (QED) is 0.804. The highest BCUT2D eigenvalue weighted by atomic mass is 16.5. The van der Waals surface area contributed by atoms with Crippen molar-refractivity contribution < 1.29 is 19.1 Å². The van der Waals surface area contributed by atoms with Crippen molar-refractivity contribution in [2.24, 2.45) is 0 Å². The number of ether oxygens (including phenoxy) is 2. The number of rotatable bonds is 6. The van der Waals surface area contributed by atoms with Crippen molar-refractivity contribution >= 4 is 12.0 Å². The highest BCUT2D eigenvalue weighted by Crippen LogP contribution is 2.19. The monoisotopic (exact) mass is 346 g/mol. The van der Waals surface area contributed by atoms with E-state index in [1.54, 1.807) is 4.90 Å². The molecule has 1 aliphatic rings. The van der Waals surface area contributed by atoms with Gasteiger partial charge in [-0.3, -0.25) is 4.79 Å². The lowest BCUT2D eigenvalue weighted by Gasteiger charge is -2.32. The van der Waals surface area contributed by atoms with Gasteiger partial charge >= 0.3 is 6.09 Å². The molecule has 6 heteroatoms. The Bertz CT molecular complexity index is 622. The molecule has 2 rings (SSSR count). The standard InChI is InChI=1S/C19H26N2O4/c1-4-11-24-19(23)20-16-7-9-21(10-8-16)18(22)13-25-17-6-5-14(2)12-15(17)3/h4-6,12,16H,1,7-11,13H2,2-3H3,(H,20,23). The van der Waals surface area contributed by atoms with Gasteiger partial charge in [-0.05, 0) is 38.3 Å². The molecule has 2 amide bonds. The predicted octanol–water partition coefficient (Wildman–Crippen LogP) is 2.59. The molecule has 1 saturated heterocycles. The molecular weight excluding hydrogens is 320 g/mol. The summed E-state index contributed by atoms with van der Waals surface area (Å²) in [4.78, 5) is 25.6. The molecule has 136 valence electrons. The topological polar surface area (TPSA) is 67.9 Å². The van der Waals surface area contributed by atoms with E-state index in [4.69, 9.17) is 9.47 Å². The largest absolute Gasteiger partial charge is 0.484 e. The number of aryl methyl sites for hydroxylation is 2. The first-order chi connectivity index (χ1) is 12.0. The van der Waals surface area contributed by atoms with Crippen molar-refractivity contribution in [2.75, 3.05) is 26.3 Å². The first kappa shape index (κ1) is 18.8. The van der Waals surface area contributed by atoms with Gasteiger partial charge in [0, 0.05) is 19.1 Å². The summed E-state index contributed by atoms with van der Waals surface area (Å²) in [6.07, 6.45) is 2.50. The Morgan fingerprint density at radius 3 is 2.68 bits per heavy atom. The normalized spacial score (nSPS) is 14.7. The second-order valence-corrected chi connectivity index (χ2v) is 6.24. The van der Waals surface area contributed by atoms with Gasteiger partial charge in [0.25, 0.3) is 5.91 Å². The number of likely N-dealkylation sites (tertiary alicyclic amines) is 1. The van der Waals surface area contributed by atoms with Crippen LogP contribution in [0.15, 0.2) is 30.9 Å². The molecule has 1 N–H and O–H groups in total.